The summed E-state index contributed by atoms with van der Waals surface area (Å²) < 4.78 is 5.52. The van der Waals surface area contributed by atoms with E-state index in [1.165, 1.54) is 0 Å². The van der Waals surface area contributed by atoms with Crippen LogP contribution in [0, 0.1) is 5.92 Å². The molecule has 5 nitrogen and oxygen atoms in total. The van der Waals surface area contributed by atoms with Gasteiger partial charge in [-0.3, -0.25) is 9.69 Å². The molecule has 162 valence electrons. The predicted molar refractivity (Wildman–Crippen MR) is 125 cm³/mol. The normalized spacial score (nSPS) is 15.8. The van der Waals surface area contributed by atoms with E-state index >= 15 is 0 Å². The van der Waals surface area contributed by atoms with Crippen molar-refractivity contribution in [2.75, 3.05) is 32.8 Å². The van der Waals surface area contributed by atoms with Crippen LogP contribution in [0.25, 0.3) is 22.2 Å². The number of carbonyl (C=O) groups excluding carboxylic acids is 1. The van der Waals surface area contributed by atoms with Crippen molar-refractivity contribution in [3.63, 3.8) is 0 Å². The van der Waals surface area contributed by atoms with Crippen LogP contribution in [-0.4, -0.2) is 54.7 Å². The number of aromatic nitrogens is 1. The molecule has 1 aromatic heterocycles. The van der Waals surface area contributed by atoms with Crippen molar-refractivity contribution in [1.82, 2.24) is 15.2 Å². The minimum atomic E-state index is -0.0437. The molecule has 1 unspecified atom stereocenters. The molecule has 31 heavy (non-hydrogen) atoms. The van der Waals surface area contributed by atoms with Gasteiger partial charge in [0.2, 0.25) is 0 Å². The highest BCUT2D eigenvalue weighted by Gasteiger charge is 2.23. The largest absolute Gasteiger partial charge is 0.379 e. The van der Waals surface area contributed by atoms with Crippen LogP contribution in [0.3, 0.4) is 0 Å². The number of nitrogens with one attached hydrogen (secondary N) is 1. The Morgan fingerprint density at radius 3 is 2.52 bits per heavy atom. The Labute approximate surface area is 184 Å². The summed E-state index contributed by atoms with van der Waals surface area (Å²) in [4.78, 5) is 20.6. The molecular formula is C26H31N3O2. The number of hydrogen-bond acceptors (Lipinski definition) is 4. The number of hydrogen-bond donors (Lipinski definition) is 1. The molecule has 1 aliphatic heterocycles. The summed E-state index contributed by atoms with van der Waals surface area (Å²) in [5.74, 6) is 0.522. The van der Waals surface area contributed by atoms with Gasteiger partial charge in [-0.25, -0.2) is 4.98 Å². The highest BCUT2D eigenvalue weighted by Crippen LogP contribution is 2.25. The van der Waals surface area contributed by atoms with Crippen molar-refractivity contribution < 1.29 is 9.53 Å². The number of carbonyl (C=O) groups is 1. The molecule has 0 bridgehead atoms. The van der Waals surface area contributed by atoms with E-state index in [2.05, 4.69) is 24.1 Å². The first kappa shape index (κ1) is 21.5. The highest BCUT2D eigenvalue weighted by atomic mass is 16.5. The first-order chi connectivity index (χ1) is 15.1. The molecule has 1 atom stereocenters. The van der Waals surface area contributed by atoms with E-state index in [9.17, 15) is 4.79 Å². The Morgan fingerprint density at radius 2 is 1.77 bits per heavy atom. The Balaban J connectivity index is 1.59. The zero-order valence-corrected chi connectivity index (χ0v) is 18.4. The van der Waals surface area contributed by atoms with Gasteiger partial charge in [-0.05, 0) is 24.5 Å². The lowest BCUT2D eigenvalue weighted by molar-refractivity contribution is 0.0124. The van der Waals surface area contributed by atoms with Gasteiger partial charge in [-0.1, -0.05) is 62.4 Å². The summed E-state index contributed by atoms with van der Waals surface area (Å²) in [5.41, 5.74) is 3.33. The molecule has 0 aliphatic carbocycles. The molecule has 0 radical (unpaired) electrons. The lowest BCUT2D eigenvalue weighted by Crippen LogP contribution is -2.49. The highest BCUT2D eigenvalue weighted by molar-refractivity contribution is 6.07. The smallest absolute Gasteiger partial charge is 0.252 e. The number of fused-ring (bicyclic) bond motifs is 1. The Kier molecular flexibility index (Phi) is 6.95. The number of benzene rings is 2. The maximum absolute atomic E-state index is 13.3. The zero-order chi connectivity index (χ0) is 21.6. The number of para-hydroxylation sites is 1. The molecule has 5 heteroatoms. The molecule has 3 aromatic rings. The molecule has 2 heterocycles. The van der Waals surface area contributed by atoms with Gasteiger partial charge in [0.25, 0.3) is 5.91 Å². The Bertz CT molecular complexity index is 1010. The van der Waals surface area contributed by atoms with Gasteiger partial charge < -0.3 is 10.1 Å². The molecule has 1 N–H and O–H groups in total. The lowest BCUT2D eigenvalue weighted by Gasteiger charge is -2.35. The van der Waals surface area contributed by atoms with Crippen molar-refractivity contribution in [2.24, 2.45) is 5.92 Å². The van der Waals surface area contributed by atoms with Crippen LogP contribution >= 0.6 is 0 Å². The number of nitrogens with zero attached hydrogens (tertiary/aromatic N) is 2. The fraction of sp³-hybridized carbons (Fsp3) is 0.385. The molecule has 0 spiro atoms. The molecule has 1 saturated heterocycles. The Hall–Kier alpha value is -2.76. The van der Waals surface area contributed by atoms with Crippen LogP contribution in [0.4, 0.5) is 0 Å². The van der Waals surface area contributed by atoms with E-state index in [0.29, 0.717) is 24.1 Å². The van der Waals surface area contributed by atoms with Crippen molar-refractivity contribution in [3.8, 4) is 11.3 Å². The minimum absolute atomic E-state index is 0.0437. The van der Waals surface area contributed by atoms with Gasteiger partial charge in [0.05, 0.1) is 30.0 Å². The fourth-order valence-electron chi connectivity index (χ4n) is 4.27. The number of rotatable bonds is 7. The SMILES string of the molecule is CC(C)CC(CNC(=O)c1cc(-c2ccccc2)nc2ccccc12)N1CCOCC1. The van der Waals surface area contributed by atoms with Crippen molar-refractivity contribution in [2.45, 2.75) is 26.3 Å². The van der Waals surface area contributed by atoms with E-state index in [-0.39, 0.29) is 5.91 Å². The Morgan fingerprint density at radius 1 is 1.06 bits per heavy atom. The first-order valence-corrected chi connectivity index (χ1v) is 11.2. The number of ether oxygens (including phenoxy) is 1. The average Bonchev–Trinajstić information content (AvgIpc) is 2.81. The maximum Gasteiger partial charge on any atom is 0.252 e. The summed E-state index contributed by atoms with van der Waals surface area (Å²) in [7, 11) is 0. The third-order valence-electron chi connectivity index (χ3n) is 5.83. The molecule has 1 aliphatic rings. The van der Waals surface area contributed by atoms with Gasteiger partial charge in [-0.15, -0.1) is 0 Å². The second-order valence-electron chi connectivity index (χ2n) is 8.58. The summed E-state index contributed by atoms with van der Waals surface area (Å²) >= 11 is 0. The predicted octanol–water partition coefficient (Wildman–Crippen LogP) is 4.38. The molecule has 1 amide bonds. The van der Waals surface area contributed by atoms with Crippen LogP contribution in [0.1, 0.15) is 30.6 Å². The molecule has 2 aromatic carbocycles. The summed E-state index contributed by atoms with van der Waals surface area (Å²) in [6.45, 7) is 8.47. The van der Waals surface area contributed by atoms with Crippen molar-refractivity contribution >= 4 is 16.8 Å². The van der Waals surface area contributed by atoms with E-state index in [4.69, 9.17) is 9.72 Å². The van der Waals surface area contributed by atoms with Crippen LogP contribution in [-0.2, 0) is 4.74 Å². The second-order valence-corrected chi connectivity index (χ2v) is 8.58. The third-order valence-corrected chi connectivity index (χ3v) is 5.83. The van der Waals surface area contributed by atoms with Gasteiger partial charge in [0, 0.05) is 36.6 Å². The molecule has 4 rings (SSSR count). The van der Waals surface area contributed by atoms with E-state index in [0.717, 1.165) is 54.9 Å². The average molecular weight is 418 g/mol. The molecule has 1 fully saturated rings. The quantitative estimate of drug-likeness (QED) is 0.620. The van der Waals surface area contributed by atoms with Crippen LogP contribution in [0.15, 0.2) is 60.7 Å². The molecular weight excluding hydrogens is 386 g/mol. The number of amides is 1. The van der Waals surface area contributed by atoms with Crippen LogP contribution in [0.2, 0.25) is 0 Å². The van der Waals surface area contributed by atoms with E-state index < -0.39 is 0 Å². The zero-order valence-electron chi connectivity index (χ0n) is 18.4. The molecule has 0 saturated carbocycles. The van der Waals surface area contributed by atoms with Crippen molar-refractivity contribution in [1.29, 1.82) is 0 Å². The van der Waals surface area contributed by atoms with Gasteiger partial charge in [0.1, 0.15) is 0 Å². The third kappa shape index (κ3) is 5.30. The summed E-state index contributed by atoms with van der Waals surface area (Å²) in [6, 6.07) is 20.1. The number of morpholine rings is 1. The summed E-state index contributed by atoms with van der Waals surface area (Å²) in [6.07, 6.45) is 1.05. The monoisotopic (exact) mass is 417 g/mol. The minimum Gasteiger partial charge on any atom is -0.379 e. The topological polar surface area (TPSA) is 54.5 Å². The van der Waals surface area contributed by atoms with Gasteiger partial charge in [0.15, 0.2) is 0 Å². The van der Waals surface area contributed by atoms with E-state index in [1.807, 2.05) is 60.7 Å². The van der Waals surface area contributed by atoms with Gasteiger partial charge >= 0.3 is 0 Å². The number of pyridine rings is 1. The lowest BCUT2D eigenvalue weighted by atomic mass is 10.0. The van der Waals surface area contributed by atoms with Gasteiger partial charge in [-0.2, -0.15) is 0 Å². The summed E-state index contributed by atoms with van der Waals surface area (Å²) in [5, 5.41) is 4.10. The van der Waals surface area contributed by atoms with Crippen molar-refractivity contribution in [3.05, 3.63) is 66.2 Å². The van der Waals surface area contributed by atoms with Crippen LogP contribution in [0.5, 0.6) is 0 Å². The van der Waals surface area contributed by atoms with E-state index in [1.54, 1.807) is 0 Å². The standard InChI is InChI=1S/C26H31N3O2/c1-19(2)16-21(29-12-14-31-15-13-29)18-27-26(30)23-17-25(20-8-4-3-5-9-20)28-24-11-7-6-10-22(23)24/h3-11,17,19,21H,12-16,18H2,1-2H3,(H,27,30). The van der Waals surface area contributed by atoms with Crippen LogP contribution < -0.4 is 5.32 Å². The first-order valence-electron chi connectivity index (χ1n) is 11.2. The fourth-order valence-corrected chi connectivity index (χ4v) is 4.27. The second kappa shape index (κ2) is 10.0. The maximum atomic E-state index is 13.3.